The molecule has 2 bridgehead atoms. The van der Waals surface area contributed by atoms with Gasteiger partial charge in [-0.3, -0.25) is 9.59 Å². The summed E-state index contributed by atoms with van der Waals surface area (Å²) in [6.07, 6.45) is 5.36. The highest BCUT2D eigenvalue weighted by atomic mass is 32.1. The summed E-state index contributed by atoms with van der Waals surface area (Å²) >= 11 is 1.28. The molecule has 1 amide bonds. The highest BCUT2D eigenvalue weighted by molar-refractivity contribution is 7.14. The van der Waals surface area contributed by atoms with Crippen molar-refractivity contribution in [2.75, 3.05) is 11.9 Å². The smallest absolute Gasteiger partial charge is 0.306 e. The summed E-state index contributed by atoms with van der Waals surface area (Å²) in [7, 11) is 0. The molecule has 3 atom stereocenters. The molecule has 2 saturated carbocycles. The van der Waals surface area contributed by atoms with E-state index in [-0.39, 0.29) is 12.6 Å². The molecule has 0 aromatic carbocycles. The highest BCUT2D eigenvalue weighted by Gasteiger charge is 2.40. The van der Waals surface area contributed by atoms with Gasteiger partial charge in [0.15, 0.2) is 6.61 Å². The molecule has 1 aromatic heterocycles. The van der Waals surface area contributed by atoms with E-state index >= 15 is 0 Å². The fraction of sp³-hybridized carbons (Fsp3) is 0.562. The Hall–Kier alpha value is -1.87. The minimum Gasteiger partial charge on any atom is -0.456 e. The standard InChI is InChI=1S/C16H18N2O3S/c17-8-12-3-4-22-16(12)18-14(19)9-21-15(20)7-13-6-10-1-2-11(13)5-10/h3-4,10-11,13H,1-2,5-7,9H2,(H,18,19)/t10-,11+,13+/m0/s1. The van der Waals surface area contributed by atoms with Crippen LogP contribution >= 0.6 is 11.3 Å². The molecule has 22 heavy (non-hydrogen) atoms. The van der Waals surface area contributed by atoms with Gasteiger partial charge in [-0.25, -0.2) is 0 Å². The van der Waals surface area contributed by atoms with Crippen molar-refractivity contribution in [3.05, 3.63) is 17.0 Å². The van der Waals surface area contributed by atoms with E-state index in [1.165, 1.54) is 30.6 Å². The molecule has 0 unspecified atom stereocenters. The number of hydrogen-bond acceptors (Lipinski definition) is 5. The Morgan fingerprint density at radius 2 is 2.27 bits per heavy atom. The third-order valence-electron chi connectivity index (χ3n) is 4.72. The van der Waals surface area contributed by atoms with Gasteiger partial charge in [0.05, 0.1) is 5.56 Å². The molecule has 1 heterocycles. The van der Waals surface area contributed by atoms with Gasteiger partial charge in [-0.05, 0) is 48.5 Å². The number of thiophene rings is 1. The molecule has 0 aliphatic heterocycles. The Balaban J connectivity index is 1.41. The van der Waals surface area contributed by atoms with Crippen LogP contribution in [0.4, 0.5) is 5.00 Å². The topological polar surface area (TPSA) is 79.2 Å². The van der Waals surface area contributed by atoms with Crippen LogP contribution in [0, 0.1) is 29.1 Å². The van der Waals surface area contributed by atoms with E-state index in [1.807, 2.05) is 6.07 Å². The third kappa shape index (κ3) is 3.30. The summed E-state index contributed by atoms with van der Waals surface area (Å²) in [6, 6.07) is 3.64. The normalized spacial score (nSPS) is 25.7. The van der Waals surface area contributed by atoms with E-state index in [0.29, 0.717) is 28.8 Å². The van der Waals surface area contributed by atoms with Crippen LogP contribution in [0.5, 0.6) is 0 Å². The fourth-order valence-corrected chi connectivity index (χ4v) is 4.46. The summed E-state index contributed by atoms with van der Waals surface area (Å²) in [6.45, 7) is -0.289. The van der Waals surface area contributed by atoms with Gasteiger partial charge in [-0.15, -0.1) is 11.3 Å². The van der Waals surface area contributed by atoms with Gasteiger partial charge in [-0.2, -0.15) is 5.26 Å². The van der Waals surface area contributed by atoms with Crippen LogP contribution in [-0.2, 0) is 14.3 Å². The van der Waals surface area contributed by atoms with Crippen LogP contribution < -0.4 is 5.32 Å². The summed E-state index contributed by atoms with van der Waals surface area (Å²) in [5.41, 5.74) is 0.423. The maximum Gasteiger partial charge on any atom is 0.306 e. The maximum absolute atomic E-state index is 11.9. The molecule has 1 N–H and O–H groups in total. The Morgan fingerprint density at radius 3 is 2.95 bits per heavy atom. The number of nitrogens with one attached hydrogen (secondary N) is 1. The van der Waals surface area contributed by atoms with Crippen LogP contribution in [0.1, 0.15) is 37.7 Å². The second-order valence-corrected chi connectivity index (χ2v) is 7.04. The number of rotatable bonds is 5. The molecule has 3 rings (SSSR count). The second-order valence-electron chi connectivity index (χ2n) is 6.12. The number of esters is 1. The Kier molecular flexibility index (Phi) is 4.44. The van der Waals surface area contributed by atoms with Gasteiger partial charge >= 0.3 is 5.97 Å². The molecule has 116 valence electrons. The number of ether oxygens (including phenoxy) is 1. The minimum absolute atomic E-state index is 0.289. The van der Waals surface area contributed by atoms with Crippen molar-refractivity contribution < 1.29 is 14.3 Å². The van der Waals surface area contributed by atoms with Gasteiger partial charge in [0.2, 0.25) is 0 Å². The lowest BCUT2D eigenvalue weighted by atomic mass is 9.86. The average Bonchev–Trinajstić information content (AvgIpc) is 3.21. The van der Waals surface area contributed by atoms with Gasteiger partial charge in [0, 0.05) is 6.42 Å². The predicted molar refractivity (Wildman–Crippen MR) is 82.2 cm³/mol. The fourth-order valence-electron chi connectivity index (χ4n) is 3.70. The maximum atomic E-state index is 11.9. The molecule has 2 aliphatic rings. The van der Waals surface area contributed by atoms with E-state index in [1.54, 1.807) is 11.4 Å². The van der Waals surface area contributed by atoms with E-state index in [4.69, 9.17) is 10.00 Å². The molecular formula is C16H18N2O3S. The van der Waals surface area contributed by atoms with Crippen molar-refractivity contribution in [3.8, 4) is 6.07 Å². The molecule has 5 nitrogen and oxygen atoms in total. The lowest BCUT2D eigenvalue weighted by Crippen LogP contribution is -2.23. The first-order chi connectivity index (χ1) is 10.7. The average molecular weight is 318 g/mol. The third-order valence-corrected chi connectivity index (χ3v) is 5.55. The SMILES string of the molecule is N#Cc1ccsc1NC(=O)COC(=O)C[C@H]1C[C@H]2CC[C@@H]1C2. The van der Waals surface area contributed by atoms with Gasteiger partial charge in [-0.1, -0.05) is 6.42 Å². The lowest BCUT2D eigenvalue weighted by molar-refractivity contribution is -0.148. The minimum atomic E-state index is -0.403. The number of amides is 1. The van der Waals surface area contributed by atoms with Crippen LogP contribution in [0.25, 0.3) is 0 Å². The quantitative estimate of drug-likeness (QED) is 0.847. The number of carbonyl (C=O) groups excluding carboxylic acids is 2. The van der Waals surface area contributed by atoms with Crippen LogP contribution in [0.2, 0.25) is 0 Å². The number of carbonyl (C=O) groups is 2. The van der Waals surface area contributed by atoms with E-state index in [0.717, 1.165) is 12.3 Å². The van der Waals surface area contributed by atoms with Crippen molar-refractivity contribution in [2.45, 2.75) is 32.1 Å². The molecule has 2 aliphatic carbocycles. The Morgan fingerprint density at radius 1 is 1.41 bits per heavy atom. The van der Waals surface area contributed by atoms with Gasteiger partial charge in [0.1, 0.15) is 11.1 Å². The van der Waals surface area contributed by atoms with Crippen LogP contribution in [0.3, 0.4) is 0 Å². The summed E-state index contributed by atoms with van der Waals surface area (Å²) in [5.74, 6) is 1.22. The van der Waals surface area contributed by atoms with Crippen LogP contribution in [-0.4, -0.2) is 18.5 Å². The van der Waals surface area contributed by atoms with Crippen molar-refractivity contribution >= 4 is 28.2 Å². The van der Waals surface area contributed by atoms with Crippen molar-refractivity contribution in [1.82, 2.24) is 0 Å². The van der Waals surface area contributed by atoms with Crippen molar-refractivity contribution in [3.63, 3.8) is 0 Å². The highest BCUT2D eigenvalue weighted by Crippen LogP contribution is 2.49. The molecule has 0 spiro atoms. The van der Waals surface area contributed by atoms with E-state index < -0.39 is 5.91 Å². The van der Waals surface area contributed by atoms with Gasteiger partial charge in [0.25, 0.3) is 5.91 Å². The zero-order chi connectivity index (χ0) is 15.5. The van der Waals surface area contributed by atoms with Crippen molar-refractivity contribution in [1.29, 1.82) is 5.26 Å². The number of fused-ring (bicyclic) bond motifs is 2. The number of nitriles is 1. The number of anilines is 1. The molecule has 0 radical (unpaired) electrons. The largest absolute Gasteiger partial charge is 0.456 e. The first-order valence-electron chi connectivity index (χ1n) is 7.58. The molecule has 0 saturated heterocycles. The first-order valence-corrected chi connectivity index (χ1v) is 8.46. The monoisotopic (exact) mass is 318 g/mol. The second kappa shape index (κ2) is 6.49. The summed E-state index contributed by atoms with van der Waals surface area (Å²) < 4.78 is 5.07. The summed E-state index contributed by atoms with van der Waals surface area (Å²) in [5, 5.41) is 13.7. The van der Waals surface area contributed by atoms with E-state index in [9.17, 15) is 9.59 Å². The lowest BCUT2D eigenvalue weighted by Gasteiger charge is -2.20. The van der Waals surface area contributed by atoms with Crippen LogP contribution in [0.15, 0.2) is 11.4 Å². The first kappa shape index (κ1) is 15.0. The number of nitrogens with zero attached hydrogens (tertiary/aromatic N) is 1. The van der Waals surface area contributed by atoms with Gasteiger partial charge < -0.3 is 10.1 Å². The molecule has 1 aromatic rings. The zero-order valence-electron chi connectivity index (χ0n) is 12.2. The number of hydrogen-bond donors (Lipinski definition) is 1. The molecular weight excluding hydrogens is 300 g/mol. The zero-order valence-corrected chi connectivity index (χ0v) is 13.0. The molecule has 2 fully saturated rings. The van der Waals surface area contributed by atoms with Crippen molar-refractivity contribution in [2.24, 2.45) is 17.8 Å². The summed E-state index contributed by atoms with van der Waals surface area (Å²) in [4.78, 5) is 23.6. The molecule has 6 heteroatoms. The predicted octanol–water partition coefficient (Wildman–Crippen LogP) is 2.93. The Bertz CT molecular complexity index is 619. The Labute approximate surface area is 133 Å². The van der Waals surface area contributed by atoms with E-state index in [2.05, 4.69) is 5.32 Å².